The van der Waals surface area contributed by atoms with E-state index < -0.39 is 0 Å². The van der Waals surface area contributed by atoms with Crippen molar-refractivity contribution in [1.82, 2.24) is 9.88 Å². The molecular weight excluding hydrogens is 200 g/mol. The molecule has 1 heterocycles. The molecule has 0 fully saturated rings. The molecule has 1 amide bonds. The molecule has 0 atom stereocenters. The zero-order chi connectivity index (χ0) is 12.3. The second kappa shape index (κ2) is 4.64. The van der Waals surface area contributed by atoms with Crippen molar-refractivity contribution in [3.8, 4) is 0 Å². The molecule has 0 aliphatic heterocycles. The van der Waals surface area contributed by atoms with Crippen LogP contribution in [0.2, 0.25) is 0 Å². The second-order valence-corrected chi connectivity index (χ2v) is 4.87. The highest BCUT2D eigenvalue weighted by molar-refractivity contribution is 5.92. The van der Waals surface area contributed by atoms with Crippen LogP contribution in [0.15, 0.2) is 18.3 Å². The van der Waals surface area contributed by atoms with E-state index in [9.17, 15) is 4.79 Å². The van der Waals surface area contributed by atoms with E-state index in [0.717, 1.165) is 12.0 Å². The van der Waals surface area contributed by atoms with E-state index in [1.807, 2.05) is 12.1 Å². The Labute approximate surface area is 97.5 Å². The highest BCUT2D eigenvalue weighted by Crippen LogP contribution is 2.26. The first-order chi connectivity index (χ1) is 7.38. The lowest BCUT2D eigenvalue weighted by molar-refractivity contribution is 0.0822. The number of pyridine rings is 1. The van der Waals surface area contributed by atoms with Crippen LogP contribution in [0.25, 0.3) is 0 Å². The third kappa shape index (κ3) is 2.60. The van der Waals surface area contributed by atoms with Gasteiger partial charge in [0.1, 0.15) is 5.69 Å². The standard InChI is InChI=1S/C13H20N2O/c1-6-13(2,3)10-7-8-14-11(9-10)12(16)15(4)5/h7-9H,6H2,1-5H3. The molecule has 1 rings (SSSR count). The summed E-state index contributed by atoms with van der Waals surface area (Å²) in [6, 6.07) is 3.88. The minimum atomic E-state index is -0.0475. The van der Waals surface area contributed by atoms with Crippen molar-refractivity contribution in [2.45, 2.75) is 32.6 Å². The van der Waals surface area contributed by atoms with Gasteiger partial charge >= 0.3 is 0 Å². The van der Waals surface area contributed by atoms with Crippen molar-refractivity contribution in [2.75, 3.05) is 14.1 Å². The first kappa shape index (κ1) is 12.7. The summed E-state index contributed by atoms with van der Waals surface area (Å²) in [6.07, 6.45) is 2.75. The molecule has 0 saturated heterocycles. The van der Waals surface area contributed by atoms with Gasteiger partial charge in [0, 0.05) is 20.3 Å². The molecule has 0 unspecified atom stereocenters. The fourth-order valence-corrected chi connectivity index (χ4v) is 1.40. The lowest BCUT2D eigenvalue weighted by Crippen LogP contribution is -2.24. The van der Waals surface area contributed by atoms with Crippen LogP contribution in [0.5, 0.6) is 0 Å². The van der Waals surface area contributed by atoms with Crippen molar-refractivity contribution >= 4 is 5.91 Å². The highest BCUT2D eigenvalue weighted by Gasteiger charge is 2.20. The van der Waals surface area contributed by atoms with Gasteiger partial charge in [0.2, 0.25) is 0 Å². The Kier molecular flexibility index (Phi) is 3.68. The normalized spacial score (nSPS) is 11.3. The summed E-state index contributed by atoms with van der Waals surface area (Å²) in [7, 11) is 3.48. The van der Waals surface area contributed by atoms with Crippen LogP contribution in [0.1, 0.15) is 43.2 Å². The number of carbonyl (C=O) groups is 1. The third-order valence-corrected chi connectivity index (χ3v) is 3.05. The number of hydrogen-bond acceptors (Lipinski definition) is 2. The van der Waals surface area contributed by atoms with Gasteiger partial charge in [-0.2, -0.15) is 0 Å². The van der Waals surface area contributed by atoms with Gasteiger partial charge in [-0.3, -0.25) is 9.78 Å². The molecule has 16 heavy (non-hydrogen) atoms. The van der Waals surface area contributed by atoms with Gasteiger partial charge in [0.05, 0.1) is 0 Å². The van der Waals surface area contributed by atoms with E-state index in [4.69, 9.17) is 0 Å². The summed E-state index contributed by atoms with van der Waals surface area (Å²) in [6.45, 7) is 6.49. The zero-order valence-corrected chi connectivity index (χ0v) is 10.7. The van der Waals surface area contributed by atoms with Crippen LogP contribution >= 0.6 is 0 Å². The molecular formula is C13H20N2O. The molecule has 3 nitrogen and oxygen atoms in total. The predicted octanol–water partition coefficient (Wildman–Crippen LogP) is 2.47. The van der Waals surface area contributed by atoms with E-state index in [-0.39, 0.29) is 11.3 Å². The van der Waals surface area contributed by atoms with Crippen molar-refractivity contribution in [2.24, 2.45) is 0 Å². The van der Waals surface area contributed by atoms with Gasteiger partial charge in [0.25, 0.3) is 5.91 Å². The summed E-state index contributed by atoms with van der Waals surface area (Å²) in [5.41, 5.74) is 1.77. The van der Waals surface area contributed by atoms with Gasteiger partial charge in [0.15, 0.2) is 0 Å². The van der Waals surface area contributed by atoms with Crippen molar-refractivity contribution < 1.29 is 4.79 Å². The van der Waals surface area contributed by atoms with E-state index in [0.29, 0.717) is 5.69 Å². The van der Waals surface area contributed by atoms with E-state index >= 15 is 0 Å². The molecule has 0 radical (unpaired) electrons. The topological polar surface area (TPSA) is 33.2 Å². The van der Waals surface area contributed by atoms with Crippen LogP contribution in [0, 0.1) is 0 Å². The van der Waals surface area contributed by atoms with Gasteiger partial charge in [-0.1, -0.05) is 20.8 Å². The first-order valence-corrected chi connectivity index (χ1v) is 5.56. The maximum atomic E-state index is 11.8. The summed E-state index contributed by atoms with van der Waals surface area (Å²) >= 11 is 0. The van der Waals surface area contributed by atoms with Crippen molar-refractivity contribution in [1.29, 1.82) is 0 Å². The largest absolute Gasteiger partial charge is 0.343 e. The quantitative estimate of drug-likeness (QED) is 0.784. The number of nitrogens with zero attached hydrogens (tertiary/aromatic N) is 2. The maximum absolute atomic E-state index is 11.8. The van der Waals surface area contributed by atoms with E-state index in [2.05, 4.69) is 25.8 Å². The monoisotopic (exact) mass is 220 g/mol. The van der Waals surface area contributed by atoms with Crippen molar-refractivity contribution in [3.63, 3.8) is 0 Å². The number of hydrogen-bond donors (Lipinski definition) is 0. The molecule has 0 aliphatic rings. The average Bonchev–Trinajstić information content (AvgIpc) is 2.28. The molecule has 1 aromatic heterocycles. The van der Waals surface area contributed by atoms with Gasteiger partial charge in [-0.15, -0.1) is 0 Å². The van der Waals surface area contributed by atoms with Crippen LogP contribution < -0.4 is 0 Å². The smallest absolute Gasteiger partial charge is 0.271 e. The first-order valence-electron chi connectivity index (χ1n) is 5.56. The lowest BCUT2D eigenvalue weighted by Gasteiger charge is -2.23. The average molecular weight is 220 g/mol. The molecule has 88 valence electrons. The van der Waals surface area contributed by atoms with Crippen LogP contribution in [0.4, 0.5) is 0 Å². The molecule has 0 aliphatic carbocycles. The highest BCUT2D eigenvalue weighted by atomic mass is 16.2. The SMILES string of the molecule is CCC(C)(C)c1ccnc(C(=O)N(C)C)c1. The van der Waals surface area contributed by atoms with Gasteiger partial charge in [-0.05, 0) is 29.5 Å². The molecule has 0 aromatic carbocycles. The summed E-state index contributed by atoms with van der Waals surface area (Å²) in [4.78, 5) is 17.4. The summed E-state index contributed by atoms with van der Waals surface area (Å²) in [5, 5.41) is 0. The van der Waals surface area contributed by atoms with Crippen LogP contribution in [0.3, 0.4) is 0 Å². The Morgan fingerprint density at radius 1 is 1.44 bits per heavy atom. The maximum Gasteiger partial charge on any atom is 0.271 e. The molecule has 0 bridgehead atoms. The Balaban J connectivity index is 3.09. The molecule has 3 heteroatoms. The number of carbonyl (C=O) groups excluding carboxylic acids is 1. The Bertz CT molecular complexity index is 383. The van der Waals surface area contributed by atoms with Gasteiger partial charge < -0.3 is 4.90 Å². The Hall–Kier alpha value is -1.38. The summed E-state index contributed by atoms with van der Waals surface area (Å²) in [5.74, 6) is -0.0475. The van der Waals surface area contributed by atoms with Crippen LogP contribution in [-0.2, 0) is 5.41 Å². The molecule has 0 saturated carbocycles. The van der Waals surface area contributed by atoms with E-state index in [1.165, 1.54) is 0 Å². The van der Waals surface area contributed by atoms with Gasteiger partial charge in [-0.25, -0.2) is 0 Å². The minimum Gasteiger partial charge on any atom is -0.343 e. The minimum absolute atomic E-state index is 0.0475. The Morgan fingerprint density at radius 2 is 2.06 bits per heavy atom. The molecule has 0 N–H and O–H groups in total. The summed E-state index contributed by atoms with van der Waals surface area (Å²) < 4.78 is 0. The number of rotatable bonds is 3. The Morgan fingerprint density at radius 3 is 2.56 bits per heavy atom. The molecule has 0 spiro atoms. The molecule has 1 aromatic rings. The van der Waals surface area contributed by atoms with Crippen LogP contribution in [-0.4, -0.2) is 29.9 Å². The third-order valence-electron chi connectivity index (χ3n) is 3.05. The van der Waals surface area contributed by atoms with Crippen molar-refractivity contribution in [3.05, 3.63) is 29.6 Å². The fraction of sp³-hybridized carbons (Fsp3) is 0.538. The number of amides is 1. The van der Waals surface area contributed by atoms with E-state index in [1.54, 1.807) is 25.2 Å². The lowest BCUT2D eigenvalue weighted by atomic mass is 9.82. The predicted molar refractivity (Wildman–Crippen MR) is 65.6 cm³/mol. The fourth-order valence-electron chi connectivity index (χ4n) is 1.40. The zero-order valence-electron chi connectivity index (χ0n) is 10.7. The second-order valence-electron chi connectivity index (χ2n) is 4.87. The number of aromatic nitrogens is 1.